The van der Waals surface area contributed by atoms with Gasteiger partial charge in [-0.1, -0.05) is 22.9 Å². The third-order valence-electron chi connectivity index (χ3n) is 3.51. The van der Waals surface area contributed by atoms with Crippen molar-refractivity contribution in [3.05, 3.63) is 58.3 Å². The highest BCUT2D eigenvalue weighted by Crippen LogP contribution is 2.20. The third kappa shape index (κ3) is 5.49. The maximum atomic E-state index is 12.4. The number of sulfonamides is 1. The average molecular weight is 468 g/mol. The van der Waals surface area contributed by atoms with Crippen LogP contribution >= 0.6 is 22.9 Å². The number of ether oxygens (including phenoxy) is 1. The molecular formula is C17H14ClN5O5S2. The van der Waals surface area contributed by atoms with Gasteiger partial charge < -0.3 is 10.1 Å². The number of hydrogen-bond donors (Lipinski definition) is 2. The standard InChI is InChI=1S/C17H14ClN5O5S2/c1-10-21-22-17(29-10)23-30(26,27)12-6-4-11(5-7-12)20-14(24)9-28-16(25)13-3-2-8-19-15(13)18/h2-8H,9H2,1H3,(H,20,24)(H,22,23). The van der Waals surface area contributed by atoms with Crippen molar-refractivity contribution in [1.29, 1.82) is 0 Å². The minimum absolute atomic E-state index is 0.0222. The molecule has 2 heterocycles. The number of carbonyl (C=O) groups is 2. The molecule has 1 amide bonds. The molecule has 0 atom stereocenters. The average Bonchev–Trinajstić information content (AvgIpc) is 3.11. The number of aromatic nitrogens is 3. The predicted octanol–water partition coefficient (Wildman–Crippen LogP) is 2.49. The number of pyridine rings is 1. The van der Waals surface area contributed by atoms with Crippen LogP contribution in [0.2, 0.25) is 5.15 Å². The summed E-state index contributed by atoms with van der Waals surface area (Å²) in [5, 5.41) is 10.7. The van der Waals surface area contributed by atoms with E-state index in [1.807, 2.05) is 0 Å². The zero-order valence-corrected chi connectivity index (χ0v) is 17.7. The summed E-state index contributed by atoms with van der Waals surface area (Å²) in [5.41, 5.74) is 0.362. The second-order valence-electron chi connectivity index (χ2n) is 5.72. The van der Waals surface area contributed by atoms with E-state index in [0.717, 1.165) is 11.3 Å². The van der Waals surface area contributed by atoms with Gasteiger partial charge in [-0.25, -0.2) is 18.2 Å². The Kier molecular flexibility index (Phi) is 6.59. The van der Waals surface area contributed by atoms with Crippen LogP contribution in [0.25, 0.3) is 0 Å². The van der Waals surface area contributed by atoms with Gasteiger partial charge in [0.15, 0.2) is 6.61 Å². The molecule has 0 radical (unpaired) electrons. The van der Waals surface area contributed by atoms with E-state index in [1.165, 1.54) is 42.6 Å². The van der Waals surface area contributed by atoms with Crippen molar-refractivity contribution in [3.63, 3.8) is 0 Å². The highest BCUT2D eigenvalue weighted by Gasteiger charge is 2.17. The third-order valence-corrected chi connectivity index (χ3v) is 6.05. The van der Waals surface area contributed by atoms with Crippen molar-refractivity contribution >= 4 is 55.7 Å². The van der Waals surface area contributed by atoms with Gasteiger partial charge in [0.05, 0.1) is 10.5 Å². The van der Waals surface area contributed by atoms with Gasteiger partial charge in [-0.15, -0.1) is 10.2 Å². The highest BCUT2D eigenvalue weighted by molar-refractivity contribution is 7.93. The molecule has 0 aliphatic heterocycles. The number of nitrogens with one attached hydrogen (secondary N) is 2. The fraction of sp³-hybridized carbons (Fsp3) is 0.118. The largest absolute Gasteiger partial charge is 0.452 e. The van der Waals surface area contributed by atoms with Gasteiger partial charge in [-0.05, 0) is 43.3 Å². The van der Waals surface area contributed by atoms with E-state index in [-0.39, 0.29) is 20.7 Å². The van der Waals surface area contributed by atoms with Crippen molar-refractivity contribution in [2.75, 3.05) is 16.6 Å². The smallest absolute Gasteiger partial charge is 0.341 e. The number of benzene rings is 1. The Morgan fingerprint density at radius 1 is 1.17 bits per heavy atom. The first-order valence-corrected chi connectivity index (χ1v) is 10.9. The van der Waals surface area contributed by atoms with Crippen LogP contribution in [0.4, 0.5) is 10.8 Å². The fourth-order valence-electron chi connectivity index (χ4n) is 2.17. The summed E-state index contributed by atoms with van der Waals surface area (Å²) in [6.07, 6.45) is 1.42. The maximum absolute atomic E-state index is 12.4. The molecule has 0 saturated carbocycles. The molecule has 3 aromatic rings. The van der Waals surface area contributed by atoms with Crippen LogP contribution < -0.4 is 10.0 Å². The van der Waals surface area contributed by atoms with Crippen LogP contribution in [-0.4, -0.2) is 42.1 Å². The first kappa shape index (κ1) is 21.6. The molecule has 10 nitrogen and oxygen atoms in total. The molecule has 0 aliphatic carbocycles. The Hall–Kier alpha value is -3.09. The number of hydrogen-bond acceptors (Lipinski definition) is 9. The lowest BCUT2D eigenvalue weighted by Gasteiger charge is -2.08. The van der Waals surface area contributed by atoms with Crippen LogP contribution in [0.1, 0.15) is 15.4 Å². The monoisotopic (exact) mass is 467 g/mol. The molecule has 156 valence electrons. The number of anilines is 2. The number of rotatable bonds is 7. The zero-order chi connectivity index (χ0) is 21.7. The van der Waals surface area contributed by atoms with Gasteiger partial charge in [0.25, 0.3) is 15.9 Å². The molecular weight excluding hydrogens is 454 g/mol. The van der Waals surface area contributed by atoms with Crippen LogP contribution in [0, 0.1) is 6.92 Å². The topological polar surface area (TPSA) is 140 Å². The molecule has 0 bridgehead atoms. The molecule has 13 heteroatoms. The molecule has 1 aromatic carbocycles. The van der Waals surface area contributed by atoms with E-state index in [0.29, 0.717) is 10.7 Å². The molecule has 0 saturated heterocycles. The molecule has 2 N–H and O–H groups in total. The van der Waals surface area contributed by atoms with Gasteiger partial charge in [-0.2, -0.15) is 0 Å². The normalized spacial score (nSPS) is 11.0. The lowest BCUT2D eigenvalue weighted by Crippen LogP contribution is -2.21. The lowest BCUT2D eigenvalue weighted by molar-refractivity contribution is -0.119. The summed E-state index contributed by atoms with van der Waals surface area (Å²) in [6.45, 7) is 1.15. The Balaban J connectivity index is 1.56. The molecule has 0 aliphatic rings. The predicted molar refractivity (Wildman–Crippen MR) is 110 cm³/mol. The highest BCUT2D eigenvalue weighted by atomic mass is 35.5. The molecule has 0 fully saturated rings. The fourth-order valence-corrected chi connectivity index (χ4v) is 4.19. The van der Waals surface area contributed by atoms with Crippen molar-refractivity contribution in [2.24, 2.45) is 0 Å². The summed E-state index contributed by atoms with van der Waals surface area (Å²) in [5.74, 6) is -1.40. The van der Waals surface area contributed by atoms with Gasteiger partial charge >= 0.3 is 5.97 Å². The van der Waals surface area contributed by atoms with E-state index in [9.17, 15) is 18.0 Å². The SMILES string of the molecule is Cc1nnc(NS(=O)(=O)c2ccc(NC(=O)COC(=O)c3cccnc3Cl)cc2)s1. The Bertz CT molecular complexity index is 1180. The Morgan fingerprint density at radius 3 is 2.53 bits per heavy atom. The number of halogens is 1. The van der Waals surface area contributed by atoms with Crippen LogP contribution in [-0.2, 0) is 19.6 Å². The zero-order valence-electron chi connectivity index (χ0n) is 15.3. The summed E-state index contributed by atoms with van der Waals surface area (Å²) in [7, 11) is -3.84. The Labute approximate surface area is 180 Å². The number of carbonyl (C=O) groups excluding carboxylic acids is 2. The minimum Gasteiger partial charge on any atom is -0.452 e. The number of aryl methyl sites for hydroxylation is 1. The van der Waals surface area contributed by atoms with Crippen molar-refractivity contribution in [3.8, 4) is 0 Å². The first-order valence-electron chi connectivity index (χ1n) is 8.25. The summed E-state index contributed by atoms with van der Waals surface area (Å²) in [6, 6.07) is 8.36. The maximum Gasteiger partial charge on any atom is 0.341 e. The number of esters is 1. The van der Waals surface area contributed by atoms with E-state index >= 15 is 0 Å². The second-order valence-corrected chi connectivity index (χ2v) is 8.94. The first-order chi connectivity index (χ1) is 14.2. The lowest BCUT2D eigenvalue weighted by atomic mass is 10.3. The van der Waals surface area contributed by atoms with Crippen molar-refractivity contribution < 1.29 is 22.7 Å². The van der Waals surface area contributed by atoms with Gasteiger partial charge in [0.2, 0.25) is 5.13 Å². The minimum atomic E-state index is -3.84. The van der Waals surface area contributed by atoms with Gasteiger partial charge in [0.1, 0.15) is 10.2 Å². The van der Waals surface area contributed by atoms with Crippen LogP contribution in [0.5, 0.6) is 0 Å². The summed E-state index contributed by atoms with van der Waals surface area (Å²) >= 11 is 6.90. The Morgan fingerprint density at radius 2 is 1.90 bits per heavy atom. The molecule has 2 aromatic heterocycles. The molecule has 0 spiro atoms. The van der Waals surface area contributed by atoms with Crippen molar-refractivity contribution in [1.82, 2.24) is 15.2 Å². The molecule has 0 unspecified atom stereocenters. The van der Waals surface area contributed by atoms with Gasteiger partial charge in [0, 0.05) is 11.9 Å². The van der Waals surface area contributed by atoms with E-state index in [4.69, 9.17) is 16.3 Å². The van der Waals surface area contributed by atoms with E-state index < -0.39 is 28.5 Å². The molecule has 3 rings (SSSR count). The van der Waals surface area contributed by atoms with Gasteiger partial charge in [-0.3, -0.25) is 9.52 Å². The number of nitrogens with zero attached hydrogens (tertiary/aromatic N) is 3. The summed E-state index contributed by atoms with van der Waals surface area (Å²) < 4.78 is 31.9. The van der Waals surface area contributed by atoms with Crippen LogP contribution in [0.15, 0.2) is 47.5 Å². The van der Waals surface area contributed by atoms with Crippen molar-refractivity contribution in [2.45, 2.75) is 11.8 Å². The molecule has 30 heavy (non-hydrogen) atoms. The number of amides is 1. The van der Waals surface area contributed by atoms with E-state index in [1.54, 1.807) is 6.92 Å². The second kappa shape index (κ2) is 9.15. The van der Waals surface area contributed by atoms with E-state index in [2.05, 4.69) is 25.2 Å². The summed E-state index contributed by atoms with van der Waals surface area (Å²) in [4.78, 5) is 27.6. The quantitative estimate of drug-likeness (QED) is 0.399. The van der Waals surface area contributed by atoms with Crippen LogP contribution in [0.3, 0.4) is 0 Å².